The first-order valence-corrected chi connectivity index (χ1v) is 12.0. The Balaban J connectivity index is 1.75. The van der Waals surface area contributed by atoms with Crippen LogP contribution in [0.4, 0.5) is 5.95 Å². The quantitative estimate of drug-likeness (QED) is 0.429. The lowest BCUT2D eigenvalue weighted by molar-refractivity contribution is 0.226. The Labute approximate surface area is 204 Å². The van der Waals surface area contributed by atoms with Gasteiger partial charge in [0, 0.05) is 18.2 Å². The second kappa shape index (κ2) is 9.92. The van der Waals surface area contributed by atoms with E-state index in [4.69, 9.17) is 39.8 Å². The second-order valence-electron chi connectivity index (χ2n) is 8.09. The molecule has 1 aliphatic rings. The number of nitrogens with zero attached hydrogens (tertiary/aromatic N) is 4. The maximum absolute atomic E-state index is 6.19. The number of likely N-dealkylation sites (N-methyl/N-ethyl adjacent to an activating group) is 1. The van der Waals surface area contributed by atoms with Gasteiger partial charge in [0.2, 0.25) is 9.74 Å². The minimum absolute atomic E-state index is 0.108. The number of halogens is 3. The summed E-state index contributed by atoms with van der Waals surface area (Å²) >= 11 is 18.6. The fourth-order valence-electron chi connectivity index (χ4n) is 3.99. The predicted octanol–water partition coefficient (Wildman–Crippen LogP) is 6.24. The van der Waals surface area contributed by atoms with E-state index in [9.17, 15) is 0 Å². The van der Waals surface area contributed by atoms with E-state index in [1.807, 2.05) is 24.3 Å². The molecule has 1 unspecified atom stereocenters. The molecule has 8 heteroatoms. The summed E-state index contributed by atoms with van der Waals surface area (Å²) in [5.41, 5.74) is 4.14. The van der Waals surface area contributed by atoms with Crippen molar-refractivity contribution in [1.29, 1.82) is 0 Å². The lowest BCUT2D eigenvalue weighted by Gasteiger charge is -2.32. The number of hydrogen-bond acceptors (Lipinski definition) is 5. The van der Waals surface area contributed by atoms with Crippen molar-refractivity contribution in [1.82, 2.24) is 19.9 Å². The van der Waals surface area contributed by atoms with Gasteiger partial charge in [0.05, 0.1) is 0 Å². The number of hydrogen-bond donors (Lipinski definition) is 1. The normalized spacial score (nSPS) is 17.3. The van der Waals surface area contributed by atoms with Crippen molar-refractivity contribution in [2.45, 2.75) is 36.5 Å². The molecule has 0 radical (unpaired) electrons. The molecule has 1 saturated heterocycles. The van der Waals surface area contributed by atoms with Crippen LogP contribution in [-0.4, -0.2) is 45.5 Å². The van der Waals surface area contributed by atoms with Gasteiger partial charge in [0.1, 0.15) is 0 Å². The fraction of sp³-hybridized carbons (Fsp3) is 0.375. The molecule has 1 atom stereocenters. The largest absolute Gasteiger partial charge is 0.350 e. The molecule has 0 bridgehead atoms. The van der Waals surface area contributed by atoms with E-state index >= 15 is 0 Å². The van der Waals surface area contributed by atoms with E-state index in [0.717, 1.165) is 49.2 Å². The highest BCUT2D eigenvalue weighted by molar-refractivity contribution is 6.66. The summed E-state index contributed by atoms with van der Waals surface area (Å²) in [5, 5.41) is 3.45. The van der Waals surface area contributed by atoms with Crippen LogP contribution in [0.25, 0.3) is 22.5 Å². The summed E-state index contributed by atoms with van der Waals surface area (Å²) in [6.45, 7) is 7.30. The number of piperidine rings is 1. The van der Waals surface area contributed by atoms with Gasteiger partial charge in [-0.05, 0) is 44.0 Å². The van der Waals surface area contributed by atoms with Crippen molar-refractivity contribution in [3.8, 4) is 22.5 Å². The maximum atomic E-state index is 6.19. The molecule has 32 heavy (non-hydrogen) atoms. The van der Waals surface area contributed by atoms with Crippen LogP contribution in [0, 0.1) is 6.92 Å². The number of nitrogens with one attached hydrogen (secondary N) is 1. The molecule has 0 saturated carbocycles. The van der Waals surface area contributed by atoms with Crippen LogP contribution in [0.15, 0.2) is 48.5 Å². The highest BCUT2D eigenvalue weighted by Crippen LogP contribution is 2.38. The van der Waals surface area contributed by atoms with Crippen LogP contribution in [0.1, 0.15) is 31.2 Å². The number of aromatic nitrogens is 3. The number of rotatable bonds is 5. The topological polar surface area (TPSA) is 53.9 Å². The smallest absolute Gasteiger partial charge is 0.250 e. The van der Waals surface area contributed by atoms with Gasteiger partial charge in [-0.1, -0.05) is 95.8 Å². The van der Waals surface area contributed by atoms with Crippen LogP contribution in [0.3, 0.4) is 0 Å². The van der Waals surface area contributed by atoms with Gasteiger partial charge in [-0.15, -0.1) is 0 Å². The maximum Gasteiger partial charge on any atom is 0.250 e. The minimum atomic E-state index is -1.76. The van der Waals surface area contributed by atoms with Gasteiger partial charge in [-0.2, -0.15) is 9.97 Å². The average molecular weight is 491 g/mol. The average Bonchev–Trinajstić information content (AvgIpc) is 2.79. The van der Waals surface area contributed by atoms with Crippen molar-refractivity contribution in [2.75, 3.05) is 25.0 Å². The Hall–Kier alpha value is -1.92. The first-order chi connectivity index (χ1) is 15.3. The van der Waals surface area contributed by atoms with Crippen LogP contribution >= 0.6 is 34.8 Å². The SMILES string of the molecule is CCN1CCCC(Nc2nc(-c3ccccc3-c3ccc(C)cc3)nc(C(Cl)(Cl)Cl)n2)C1. The number of likely N-dealkylation sites (tertiary alicyclic amines) is 1. The van der Waals surface area contributed by atoms with E-state index in [1.54, 1.807) is 0 Å². The van der Waals surface area contributed by atoms with Gasteiger partial charge < -0.3 is 10.2 Å². The van der Waals surface area contributed by atoms with Crippen LogP contribution < -0.4 is 5.32 Å². The van der Waals surface area contributed by atoms with E-state index in [-0.39, 0.29) is 11.9 Å². The first-order valence-electron chi connectivity index (χ1n) is 10.8. The van der Waals surface area contributed by atoms with Crippen molar-refractivity contribution >= 4 is 40.8 Å². The summed E-state index contributed by atoms with van der Waals surface area (Å²) in [5.74, 6) is 1.01. The highest BCUT2D eigenvalue weighted by Gasteiger charge is 2.29. The zero-order valence-corrected chi connectivity index (χ0v) is 20.4. The van der Waals surface area contributed by atoms with Gasteiger partial charge in [-0.3, -0.25) is 0 Å². The molecule has 2 aromatic carbocycles. The van der Waals surface area contributed by atoms with Gasteiger partial charge in [-0.25, -0.2) is 4.98 Å². The summed E-state index contributed by atoms with van der Waals surface area (Å²) in [6.07, 6.45) is 2.16. The molecule has 4 rings (SSSR count). The molecule has 1 fully saturated rings. The van der Waals surface area contributed by atoms with E-state index < -0.39 is 3.79 Å². The van der Waals surface area contributed by atoms with Crippen molar-refractivity contribution < 1.29 is 0 Å². The van der Waals surface area contributed by atoms with E-state index in [1.165, 1.54) is 5.56 Å². The summed E-state index contributed by atoms with van der Waals surface area (Å²) in [6, 6.07) is 16.6. The monoisotopic (exact) mass is 489 g/mol. The lowest BCUT2D eigenvalue weighted by Crippen LogP contribution is -2.42. The Kier molecular flexibility index (Phi) is 7.21. The fourth-order valence-corrected chi connectivity index (χ4v) is 4.25. The highest BCUT2D eigenvalue weighted by atomic mass is 35.6. The Bertz CT molecular complexity index is 1070. The minimum Gasteiger partial charge on any atom is -0.350 e. The Morgan fingerprint density at radius 2 is 1.72 bits per heavy atom. The van der Waals surface area contributed by atoms with Crippen molar-refractivity contribution in [2.24, 2.45) is 0 Å². The van der Waals surface area contributed by atoms with Crippen molar-refractivity contribution in [3.05, 3.63) is 59.9 Å². The Morgan fingerprint density at radius 1 is 1.00 bits per heavy atom. The molecule has 5 nitrogen and oxygen atoms in total. The summed E-state index contributed by atoms with van der Waals surface area (Å²) < 4.78 is -1.76. The summed E-state index contributed by atoms with van der Waals surface area (Å²) in [4.78, 5) is 16.1. The molecule has 0 spiro atoms. The third-order valence-corrected chi connectivity index (χ3v) is 6.21. The van der Waals surface area contributed by atoms with E-state index in [2.05, 4.69) is 58.3 Å². The molecular weight excluding hydrogens is 465 g/mol. The predicted molar refractivity (Wildman–Crippen MR) is 133 cm³/mol. The van der Waals surface area contributed by atoms with Crippen LogP contribution in [0.2, 0.25) is 0 Å². The molecule has 2 heterocycles. The van der Waals surface area contributed by atoms with Crippen molar-refractivity contribution in [3.63, 3.8) is 0 Å². The number of alkyl halides is 3. The molecule has 168 valence electrons. The molecule has 1 aliphatic heterocycles. The molecular formula is C24H26Cl3N5. The summed E-state index contributed by atoms with van der Waals surface area (Å²) in [7, 11) is 0. The number of anilines is 1. The second-order valence-corrected chi connectivity index (χ2v) is 10.4. The van der Waals surface area contributed by atoms with Gasteiger partial charge >= 0.3 is 0 Å². The third kappa shape index (κ3) is 5.52. The molecule has 1 aromatic heterocycles. The van der Waals surface area contributed by atoms with Gasteiger partial charge in [0.25, 0.3) is 0 Å². The standard InChI is InChI=1S/C24H26Cl3N5/c1-3-32-14-6-7-18(15-32)28-23-30-21(29-22(31-23)24(25,26)27)20-9-5-4-8-19(20)17-12-10-16(2)11-13-17/h4-5,8-13,18H,3,6-7,14-15H2,1-2H3,(H,28,29,30,31). The molecule has 1 N–H and O–H groups in total. The van der Waals surface area contributed by atoms with Crippen LogP contribution in [-0.2, 0) is 3.79 Å². The Morgan fingerprint density at radius 3 is 2.41 bits per heavy atom. The third-order valence-electron chi connectivity index (χ3n) is 5.71. The molecule has 0 amide bonds. The van der Waals surface area contributed by atoms with Gasteiger partial charge in [0.15, 0.2) is 11.6 Å². The van der Waals surface area contributed by atoms with Crippen LogP contribution in [0.5, 0.6) is 0 Å². The molecule has 0 aliphatic carbocycles. The lowest BCUT2D eigenvalue weighted by atomic mass is 9.98. The van der Waals surface area contributed by atoms with E-state index in [0.29, 0.717) is 11.8 Å². The zero-order chi connectivity index (χ0) is 22.7. The molecule has 3 aromatic rings. The number of aryl methyl sites for hydroxylation is 1. The zero-order valence-electron chi connectivity index (χ0n) is 18.2. The number of benzene rings is 2. The first kappa shape index (κ1) is 23.2.